The number of hydrogen-bond donors (Lipinski definition) is 1. The van der Waals surface area contributed by atoms with Crippen molar-refractivity contribution in [2.75, 3.05) is 11.9 Å². The molecule has 0 saturated heterocycles. The van der Waals surface area contributed by atoms with Gasteiger partial charge < -0.3 is 14.8 Å². The standard InChI is InChI=1S/C26H20BrClN2O3/c1-2-13-32-25-12-5-21(27)15-19(25)14-20(16-29)26(31)30-23-8-10-24(11-9-23)33-17-18-3-6-22(28)7-4-18/h2-12,14-15H,1,13,17H2,(H,30,31)/b20-14+. The smallest absolute Gasteiger partial charge is 0.266 e. The molecule has 7 heteroatoms. The molecule has 0 saturated carbocycles. The fraction of sp³-hybridized carbons (Fsp3) is 0.0769. The summed E-state index contributed by atoms with van der Waals surface area (Å²) in [5.74, 6) is 0.667. The Hall–Kier alpha value is -3.53. The molecular formula is C26H20BrClN2O3. The summed E-state index contributed by atoms with van der Waals surface area (Å²) < 4.78 is 12.2. The van der Waals surface area contributed by atoms with E-state index in [9.17, 15) is 10.1 Å². The molecular weight excluding hydrogens is 504 g/mol. The van der Waals surface area contributed by atoms with Gasteiger partial charge in [-0.25, -0.2) is 0 Å². The van der Waals surface area contributed by atoms with E-state index in [-0.39, 0.29) is 5.57 Å². The zero-order chi connectivity index (χ0) is 23.6. The average Bonchev–Trinajstić information content (AvgIpc) is 2.82. The number of benzene rings is 3. The lowest BCUT2D eigenvalue weighted by atomic mass is 10.1. The molecule has 1 amide bonds. The topological polar surface area (TPSA) is 71.3 Å². The zero-order valence-corrected chi connectivity index (χ0v) is 19.9. The van der Waals surface area contributed by atoms with Crippen LogP contribution in [0.1, 0.15) is 11.1 Å². The van der Waals surface area contributed by atoms with Gasteiger partial charge in [-0.2, -0.15) is 5.26 Å². The van der Waals surface area contributed by atoms with Crippen LogP contribution in [-0.2, 0) is 11.4 Å². The molecule has 0 radical (unpaired) electrons. The number of anilines is 1. The lowest BCUT2D eigenvalue weighted by Gasteiger charge is -2.10. The number of nitrogens with zero attached hydrogens (tertiary/aromatic N) is 1. The normalized spacial score (nSPS) is 10.8. The van der Waals surface area contributed by atoms with Gasteiger partial charge in [0.25, 0.3) is 5.91 Å². The first-order valence-electron chi connectivity index (χ1n) is 9.92. The molecule has 3 aromatic carbocycles. The number of ether oxygens (including phenoxy) is 2. The van der Waals surface area contributed by atoms with E-state index >= 15 is 0 Å². The van der Waals surface area contributed by atoms with Crippen LogP contribution < -0.4 is 14.8 Å². The summed E-state index contributed by atoms with van der Waals surface area (Å²) in [6.07, 6.45) is 3.11. The maximum Gasteiger partial charge on any atom is 0.266 e. The summed E-state index contributed by atoms with van der Waals surface area (Å²) in [5, 5.41) is 12.9. The van der Waals surface area contributed by atoms with Gasteiger partial charge in [0.1, 0.15) is 36.4 Å². The van der Waals surface area contributed by atoms with Crippen molar-refractivity contribution in [3.63, 3.8) is 0 Å². The minimum Gasteiger partial charge on any atom is -0.489 e. The lowest BCUT2D eigenvalue weighted by Crippen LogP contribution is -2.13. The van der Waals surface area contributed by atoms with Crippen molar-refractivity contribution in [1.29, 1.82) is 5.26 Å². The van der Waals surface area contributed by atoms with Gasteiger partial charge in [-0.1, -0.05) is 52.3 Å². The molecule has 0 aromatic heterocycles. The SMILES string of the molecule is C=CCOc1ccc(Br)cc1/C=C(\C#N)C(=O)Nc1ccc(OCc2ccc(Cl)cc2)cc1. The molecule has 0 aliphatic rings. The molecule has 0 spiro atoms. The molecule has 166 valence electrons. The molecule has 0 heterocycles. The summed E-state index contributed by atoms with van der Waals surface area (Å²) in [5.41, 5.74) is 2.07. The van der Waals surface area contributed by atoms with Crippen molar-refractivity contribution < 1.29 is 14.3 Å². The first-order valence-corrected chi connectivity index (χ1v) is 11.1. The van der Waals surface area contributed by atoms with Gasteiger partial charge in [0.05, 0.1) is 0 Å². The van der Waals surface area contributed by atoms with Crippen LogP contribution in [0.5, 0.6) is 11.5 Å². The summed E-state index contributed by atoms with van der Waals surface area (Å²) in [7, 11) is 0. The first-order chi connectivity index (χ1) is 16.0. The van der Waals surface area contributed by atoms with Gasteiger partial charge in [0.2, 0.25) is 0 Å². The quantitative estimate of drug-likeness (QED) is 0.190. The Morgan fingerprint density at radius 1 is 1.09 bits per heavy atom. The number of nitriles is 1. The van der Waals surface area contributed by atoms with Crippen molar-refractivity contribution in [3.8, 4) is 17.6 Å². The van der Waals surface area contributed by atoms with Gasteiger partial charge in [0, 0.05) is 20.7 Å². The van der Waals surface area contributed by atoms with E-state index in [0.717, 1.165) is 10.0 Å². The average molecular weight is 524 g/mol. The largest absolute Gasteiger partial charge is 0.489 e. The van der Waals surface area contributed by atoms with E-state index in [4.69, 9.17) is 21.1 Å². The van der Waals surface area contributed by atoms with Crippen molar-refractivity contribution >= 4 is 45.2 Å². The molecule has 0 aliphatic heterocycles. The number of hydrogen-bond acceptors (Lipinski definition) is 4. The predicted octanol–water partition coefficient (Wildman–Crippen LogP) is 6.79. The van der Waals surface area contributed by atoms with Crippen molar-refractivity contribution in [3.05, 3.63) is 106 Å². The molecule has 3 aromatic rings. The van der Waals surface area contributed by atoms with Crippen LogP contribution in [0.25, 0.3) is 6.08 Å². The van der Waals surface area contributed by atoms with E-state index in [2.05, 4.69) is 27.8 Å². The van der Waals surface area contributed by atoms with Crippen LogP contribution in [0, 0.1) is 11.3 Å². The Morgan fingerprint density at radius 2 is 1.82 bits per heavy atom. The van der Waals surface area contributed by atoms with Gasteiger partial charge >= 0.3 is 0 Å². The third-order valence-corrected chi connectivity index (χ3v) is 5.17. The summed E-state index contributed by atoms with van der Waals surface area (Å²) >= 11 is 9.29. The highest BCUT2D eigenvalue weighted by atomic mass is 79.9. The fourth-order valence-electron chi connectivity index (χ4n) is 2.80. The third-order valence-electron chi connectivity index (χ3n) is 4.42. The highest BCUT2D eigenvalue weighted by Crippen LogP contribution is 2.26. The molecule has 0 aliphatic carbocycles. The Morgan fingerprint density at radius 3 is 2.48 bits per heavy atom. The number of carbonyl (C=O) groups excluding carboxylic acids is 1. The molecule has 0 atom stereocenters. The highest BCUT2D eigenvalue weighted by molar-refractivity contribution is 9.10. The van der Waals surface area contributed by atoms with Gasteiger partial charge in [-0.3, -0.25) is 4.79 Å². The number of halogens is 2. The van der Waals surface area contributed by atoms with Crippen molar-refractivity contribution in [2.24, 2.45) is 0 Å². The van der Waals surface area contributed by atoms with E-state index in [1.165, 1.54) is 6.08 Å². The maximum absolute atomic E-state index is 12.7. The molecule has 3 rings (SSSR count). The zero-order valence-electron chi connectivity index (χ0n) is 17.6. The van der Waals surface area contributed by atoms with Crippen molar-refractivity contribution in [2.45, 2.75) is 6.61 Å². The predicted molar refractivity (Wildman–Crippen MR) is 134 cm³/mol. The summed E-state index contributed by atoms with van der Waals surface area (Å²) in [6, 6.07) is 21.6. The molecule has 1 N–H and O–H groups in total. The summed E-state index contributed by atoms with van der Waals surface area (Å²) in [4.78, 5) is 12.7. The number of carbonyl (C=O) groups is 1. The van der Waals surface area contributed by atoms with Crippen LogP contribution in [0.3, 0.4) is 0 Å². The van der Waals surface area contributed by atoms with Crippen LogP contribution in [0.15, 0.2) is 89.4 Å². The Kier molecular flexibility index (Phi) is 8.71. The summed E-state index contributed by atoms with van der Waals surface area (Å²) in [6.45, 7) is 4.34. The minimum atomic E-state index is -0.526. The van der Waals surface area contributed by atoms with Crippen LogP contribution in [-0.4, -0.2) is 12.5 Å². The van der Waals surface area contributed by atoms with Crippen LogP contribution in [0.4, 0.5) is 5.69 Å². The molecule has 5 nitrogen and oxygen atoms in total. The Balaban J connectivity index is 1.67. The Labute approximate surface area is 206 Å². The van der Waals surface area contributed by atoms with E-state index in [1.54, 1.807) is 42.5 Å². The highest BCUT2D eigenvalue weighted by Gasteiger charge is 2.12. The second-order valence-electron chi connectivity index (χ2n) is 6.85. The fourth-order valence-corrected chi connectivity index (χ4v) is 3.30. The van der Waals surface area contributed by atoms with E-state index in [0.29, 0.717) is 41.0 Å². The van der Waals surface area contributed by atoms with E-state index in [1.807, 2.05) is 36.4 Å². The number of rotatable bonds is 9. The first kappa shape index (κ1) is 24.1. The molecule has 33 heavy (non-hydrogen) atoms. The van der Waals surface area contributed by atoms with Crippen LogP contribution in [0.2, 0.25) is 5.02 Å². The molecule has 0 bridgehead atoms. The van der Waals surface area contributed by atoms with Gasteiger partial charge in [-0.15, -0.1) is 0 Å². The van der Waals surface area contributed by atoms with Gasteiger partial charge in [0.15, 0.2) is 0 Å². The van der Waals surface area contributed by atoms with Crippen molar-refractivity contribution in [1.82, 2.24) is 0 Å². The molecule has 0 fully saturated rings. The van der Waals surface area contributed by atoms with Gasteiger partial charge in [-0.05, 0) is 66.2 Å². The molecule has 0 unspecified atom stereocenters. The Bertz CT molecular complexity index is 1200. The minimum absolute atomic E-state index is 0.0559. The number of nitrogens with one attached hydrogen (secondary N) is 1. The van der Waals surface area contributed by atoms with E-state index < -0.39 is 5.91 Å². The number of amides is 1. The maximum atomic E-state index is 12.7. The monoisotopic (exact) mass is 522 g/mol. The second kappa shape index (κ2) is 11.9. The lowest BCUT2D eigenvalue weighted by molar-refractivity contribution is -0.112. The second-order valence-corrected chi connectivity index (χ2v) is 8.20. The third kappa shape index (κ3) is 7.25. The van der Waals surface area contributed by atoms with Crippen LogP contribution >= 0.6 is 27.5 Å².